The molecule has 0 aliphatic carbocycles. The van der Waals surface area contributed by atoms with Gasteiger partial charge in [0.05, 0.1) is 10.7 Å². The van der Waals surface area contributed by atoms with E-state index in [0.29, 0.717) is 0 Å². The number of nitrogens with one attached hydrogen (secondary N) is 2. The minimum absolute atomic E-state index is 0.0506. The van der Waals surface area contributed by atoms with Gasteiger partial charge in [0, 0.05) is 18.8 Å². The molecule has 0 aromatic carbocycles. The first-order valence-corrected chi connectivity index (χ1v) is 7.75. The van der Waals surface area contributed by atoms with Crippen LogP contribution in [0.2, 0.25) is 0 Å². The molecule has 2 unspecified atom stereocenters. The molecule has 1 rings (SSSR count). The lowest BCUT2D eigenvalue weighted by Crippen LogP contribution is -2.46. The Bertz CT molecular complexity index is 390. The third kappa shape index (κ3) is 3.42. The van der Waals surface area contributed by atoms with Crippen LogP contribution in [0.15, 0.2) is 0 Å². The van der Waals surface area contributed by atoms with Crippen LogP contribution in [0, 0.1) is 5.92 Å². The molecule has 1 aliphatic heterocycles. The molecule has 0 spiro atoms. The zero-order valence-electron chi connectivity index (χ0n) is 10.9. The monoisotopic (exact) mass is 262 g/mol. The molecule has 1 saturated heterocycles. The van der Waals surface area contributed by atoms with Crippen molar-refractivity contribution in [2.75, 3.05) is 19.3 Å². The lowest BCUT2D eigenvalue weighted by Gasteiger charge is -2.24. The smallest absolute Gasteiger partial charge is 0.224 e. The van der Waals surface area contributed by atoms with Gasteiger partial charge in [0.15, 0.2) is 9.84 Å². The number of sulfone groups is 1. The van der Waals surface area contributed by atoms with Crippen LogP contribution in [-0.4, -0.2) is 44.5 Å². The Hall–Kier alpha value is -0.620. The maximum absolute atomic E-state index is 11.9. The van der Waals surface area contributed by atoms with Gasteiger partial charge in [-0.2, -0.15) is 0 Å². The second kappa shape index (κ2) is 4.94. The summed E-state index contributed by atoms with van der Waals surface area (Å²) in [5.74, 6) is -0.107. The van der Waals surface area contributed by atoms with E-state index < -0.39 is 14.6 Å². The number of amides is 1. The van der Waals surface area contributed by atoms with Crippen molar-refractivity contribution in [1.82, 2.24) is 10.6 Å². The average Bonchev–Trinajstić information content (AvgIpc) is 2.59. The standard InChI is InChI=1S/C11H22N2O3S/c1-8-9(5-6-12-8)10(14)13-7-11(2,3)17(4,15)16/h8-9,12H,5-7H2,1-4H3,(H,13,14). The van der Waals surface area contributed by atoms with Crippen LogP contribution in [0.1, 0.15) is 27.2 Å². The van der Waals surface area contributed by atoms with Crippen LogP contribution < -0.4 is 10.6 Å². The molecule has 100 valence electrons. The molecule has 5 nitrogen and oxygen atoms in total. The first-order valence-electron chi connectivity index (χ1n) is 5.86. The van der Waals surface area contributed by atoms with Gasteiger partial charge in [-0.1, -0.05) is 0 Å². The molecule has 1 fully saturated rings. The predicted octanol–water partition coefficient (Wildman–Crippen LogP) is -0.0762. The Balaban J connectivity index is 2.54. The molecule has 2 atom stereocenters. The highest BCUT2D eigenvalue weighted by Crippen LogP contribution is 2.17. The van der Waals surface area contributed by atoms with E-state index in [1.165, 1.54) is 6.26 Å². The summed E-state index contributed by atoms with van der Waals surface area (Å²) >= 11 is 0. The van der Waals surface area contributed by atoms with Crippen molar-refractivity contribution in [2.45, 2.75) is 38.0 Å². The summed E-state index contributed by atoms with van der Waals surface area (Å²) in [4.78, 5) is 11.9. The Morgan fingerprint density at radius 3 is 2.47 bits per heavy atom. The predicted molar refractivity (Wildman–Crippen MR) is 67.5 cm³/mol. The first-order chi connectivity index (χ1) is 7.65. The number of hydrogen-bond donors (Lipinski definition) is 2. The summed E-state index contributed by atoms with van der Waals surface area (Å²) < 4.78 is 22.1. The topological polar surface area (TPSA) is 75.3 Å². The van der Waals surface area contributed by atoms with Gasteiger partial charge in [-0.25, -0.2) is 8.42 Å². The number of carbonyl (C=O) groups is 1. The fourth-order valence-corrected chi connectivity index (χ4v) is 2.11. The zero-order chi connectivity index (χ0) is 13.3. The van der Waals surface area contributed by atoms with E-state index in [-0.39, 0.29) is 24.4 Å². The van der Waals surface area contributed by atoms with E-state index in [0.717, 1.165) is 13.0 Å². The molecule has 0 aromatic rings. The molecule has 0 aromatic heterocycles. The molecule has 1 amide bonds. The Labute approximate surface area is 103 Å². The highest BCUT2D eigenvalue weighted by molar-refractivity contribution is 7.92. The fourth-order valence-electron chi connectivity index (χ4n) is 1.78. The van der Waals surface area contributed by atoms with E-state index in [9.17, 15) is 13.2 Å². The third-order valence-electron chi connectivity index (χ3n) is 3.55. The molecule has 0 radical (unpaired) electrons. The molecule has 0 saturated carbocycles. The van der Waals surface area contributed by atoms with Crippen molar-refractivity contribution in [3.63, 3.8) is 0 Å². The van der Waals surface area contributed by atoms with Gasteiger partial charge < -0.3 is 10.6 Å². The van der Waals surface area contributed by atoms with E-state index >= 15 is 0 Å². The van der Waals surface area contributed by atoms with Crippen molar-refractivity contribution in [2.24, 2.45) is 5.92 Å². The Morgan fingerprint density at radius 1 is 1.47 bits per heavy atom. The van der Waals surface area contributed by atoms with E-state index in [1.807, 2.05) is 6.92 Å². The molecule has 0 bridgehead atoms. The van der Waals surface area contributed by atoms with Gasteiger partial charge in [-0.15, -0.1) is 0 Å². The van der Waals surface area contributed by atoms with Gasteiger partial charge in [-0.05, 0) is 33.7 Å². The summed E-state index contributed by atoms with van der Waals surface area (Å²) in [6.07, 6.45) is 2.01. The lowest BCUT2D eigenvalue weighted by molar-refractivity contribution is -0.125. The Morgan fingerprint density at radius 2 is 2.06 bits per heavy atom. The summed E-state index contributed by atoms with van der Waals surface area (Å²) in [5.41, 5.74) is 0. The van der Waals surface area contributed by atoms with Gasteiger partial charge in [0.2, 0.25) is 5.91 Å². The molecule has 2 N–H and O–H groups in total. The third-order valence-corrected chi connectivity index (χ3v) is 5.71. The van der Waals surface area contributed by atoms with Crippen LogP contribution in [0.4, 0.5) is 0 Å². The number of carbonyl (C=O) groups excluding carboxylic acids is 1. The average molecular weight is 262 g/mol. The van der Waals surface area contributed by atoms with Gasteiger partial charge in [0.1, 0.15) is 0 Å². The van der Waals surface area contributed by atoms with Crippen molar-refractivity contribution >= 4 is 15.7 Å². The second-order valence-electron chi connectivity index (χ2n) is 5.39. The maximum atomic E-state index is 11.9. The van der Waals surface area contributed by atoms with Crippen molar-refractivity contribution in [1.29, 1.82) is 0 Å². The minimum Gasteiger partial charge on any atom is -0.354 e. The van der Waals surface area contributed by atoms with Crippen molar-refractivity contribution in [3.8, 4) is 0 Å². The normalized spacial score (nSPS) is 25.9. The maximum Gasteiger partial charge on any atom is 0.224 e. The summed E-state index contributed by atoms with van der Waals surface area (Å²) in [6, 6.07) is 0.163. The lowest BCUT2D eigenvalue weighted by atomic mass is 10.0. The van der Waals surface area contributed by atoms with Crippen LogP contribution in [0.5, 0.6) is 0 Å². The Kier molecular flexibility index (Phi) is 4.19. The number of hydrogen-bond acceptors (Lipinski definition) is 4. The quantitative estimate of drug-likeness (QED) is 0.743. The van der Waals surface area contributed by atoms with E-state index in [2.05, 4.69) is 10.6 Å². The minimum atomic E-state index is -3.17. The first kappa shape index (κ1) is 14.4. The van der Waals surface area contributed by atoms with Gasteiger partial charge in [0.25, 0.3) is 0 Å². The van der Waals surface area contributed by atoms with Crippen LogP contribution >= 0.6 is 0 Å². The molecular formula is C11H22N2O3S. The van der Waals surface area contributed by atoms with Crippen LogP contribution in [0.3, 0.4) is 0 Å². The molecule has 1 aliphatic rings. The summed E-state index contributed by atoms with van der Waals surface area (Å²) in [7, 11) is -3.17. The largest absolute Gasteiger partial charge is 0.354 e. The molecule has 1 heterocycles. The molecular weight excluding hydrogens is 240 g/mol. The van der Waals surface area contributed by atoms with Crippen molar-refractivity contribution in [3.05, 3.63) is 0 Å². The fraction of sp³-hybridized carbons (Fsp3) is 0.909. The molecule has 6 heteroatoms. The van der Waals surface area contributed by atoms with Crippen LogP contribution in [0.25, 0.3) is 0 Å². The molecule has 17 heavy (non-hydrogen) atoms. The van der Waals surface area contributed by atoms with E-state index in [4.69, 9.17) is 0 Å². The highest BCUT2D eigenvalue weighted by atomic mass is 32.2. The SMILES string of the molecule is CC1NCCC1C(=O)NCC(C)(C)S(C)(=O)=O. The van der Waals surface area contributed by atoms with Crippen LogP contribution in [-0.2, 0) is 14.6 Å². The summed E-state index contributed by atoms with van der Waals surface area (Å²) in [5, 5.41) is 5.94. The van der Waals surface area contributed by atoms with Crippen molar-refractivity contribution < 1.29 is 13.2 Å². The zero-order valence-corrected chi connectivity index (χ0v) is 11.7. The van der Waals surface area contributed by atoms with Gasteiger partial charge in [-0.3, -0.25) is 4.79 Å². The number of rotatable bonds is 4. The summed E-state index contributed by atoms with van der Waals surface area (Å²) in [6.45, 7) is 6.22. The van der Waals surface area contributed by atoms with E-state index in [1.54, 1.807) is 13.8 Å². The highest BCUT2D eigenvalue weighted by Gasteiger charge is 2.33. The van der Waals surface area contributed by atoms with Gasteiger partial charge >= 0.3 is 0 Å². The second-order valence-corrected chi connectivity index (χ2v) is 8.04.